The summed E-state index contributed by atoms with van der Waals surface area (Å²) in [6.45, 7) is 2.00. The maximum Gasteiger partial charge on any atom is 0.215 e. The Hall–Kier alpha value is -1.86. The van der Waals surface area contributed by atoms with E-state index in [2.05, 4.69) is 9.88 Å². The van der Waals surface area contributed by atoms with E-state index in [1.165, 1.54) is 6.20 Å². The van der Waals surface area contributed by atoms with Gasteiger partial charge in [-0.15, -0.1) is 0 Å². The number of aryl methyl sites for hydroxylation is 1. The summed E-state index contributed by atoms with van der Waals surface area (Å²) in [6.07, 6.45) is 1.50. The molecule has 0 spiro atoms. The highest BCUT2D eigenvalue weighted by atomic mass is 32.2. The van der Waals surface area contributed by atoms with Crippen LogP contribution in [-0.4, -0.2) is 25.9 Å². The molecule has 0 amide bonds. The number of para-hydroxylation sites is 1. The molecule has 1 aromatic carbocycles. The summed E-state index contributed by atoms with van der Waals surface area (Å²) in [4.78, 5) is 0. The highest BCUT2D eigenvalue weighted by Gasteiger charge is 2.12. The van der Waals surface area contributed by atoms with Crippen molar-refractivity contribution in [3.8, 4) is 5.75 Å². The van der Waals surface area contributed by atoms with Crippen LogP contribution in [0.4, 0.5) is 0 Å². The van der Waals surface area contributed by atoms with Crippen molar-refractivity contribution in [2.45, 2.75) is 13.5 Å². The fourth-order valence-electron chi connectivity index (χ4n) is 1.53. The van der Waals surface area contributed by atoms with Gasteiger partial charge in [0.1, 0.15) is 18.1 Å². The van der Waals surface area contributed by atoms with E-state index >= 15 is 0 Å². The largest absolute Gasteiger partial charge is 0.492 e. The predicted molar refractivity (Wildman–Crippen MR) is 73.8 cm³/mol. The average molecular weight is 296 g/mol. The zero-order valence-corrected chi connectivity index (χ0v) is 11.9. The number of nitrogens with zero attached hydrogens (tertiary/aromatic N) is 1. The molecule has 6 nitrogen and oxygen atoms in total. The zero-order chi connectivity index (χ0) is 14.4. The van der Waals surface area contributed by atoms with E-state index in [1.54, 1.807) is 19.1 Å². The molecule has 0 fully saturated rings. The lowest BCUT2D eigenvalue weighted by atomic mass is 10.3. The highest BCUT2D eigenvalue weighted by molar-refractivity contribution is 7.89. The molecule has 2 aromatic rings. The average Bonchev–Trinajstić information content (AvgIpc) is 2.83. The molecule has 0 radical (unpaired) electrons. The van der Waals surface area contributed by atoms with Gasteiger partial charge >= 0.3 is 0 Å². The highest BCUT2D eigenvalue weighted by Crippen LogP contribution is 2.08. The Morgan fingerprint density at radius 3 is 2.70 bits per heavy atom. The second-order valence-electron chi connectivity index (χ2n) is 4.21. The summed E-state index contributed by atoms with van der Waals surface area (Å²) < 4.78 is 36.3. The van der Waals surface area contributed by atoms with Crippen LogP contribution < -0.4 is 9.46 Å². The van der Waals surface area contributed by atoms with E-state index in [9.17, 15) is 8.42 Å². The van der Waals surface area contributed by atoms with E-state index < -0.39 is 10.0 Å². The minimum atomic E-state index is -3.39. The molecule has 2 rings (SSSR count). The summed E-state index contributed by atoms with van der Waals surface area (Å²) in [6, 6.07) is 9.08. The molecule has 0 atom stereocenters. The number of hydrogen-bond donors (Lipinski definition) is 1. The quantitative estimate of drug-likeness (QED) is 0.837. The minimum Gasteiger partial charge on any atom is -0.492 e. The van der Waals surface area contributed by atoms with Crippen molar-refractivity contribution in [1.29, 1.82) is 0 Å². The molecule has 20 heavy (non-hydrogen) atoms. The normalized spacial score (nSPS) is 11.4. The van der Waals surface area contributed by atoms with Crippen LogP contribution in [0.15, 0.2) is 41.1 Å². The van der Waals surface area contributed by atoms with Gasteiger partial charge in [-0.2, -0.15) is 0 Å². The second kappa shape index (κ2) is 6.53. The van der Waals surface area contributed by atoms with Gasteiger partial charge in [0.2, 0.25) is 10.0 Å². The van der Waals surface area contributed by atoms with Crippen LogP contribution in [0, 0.1) is 6.92 Å². The second-order valence-corrected chi connectivity index (χ2v) is 6.14. The standard InChI is InChI=1S/C13H16N2O4S/c1-11-12(9-14-19-11)10-15-20(16,17)8-7-18-13-5-3-2-4-6-13/h2-6,9,15H,7-8,10H2,1H3. The third-order valence-corrected chi connectivity index (χ3v) is 3.99. The van der Waals surface area contributed by atoms with Gasteiger partial charge in [-0.25, -0.2) is 13.1 Å². The van der Waals surface area contributed by atoms with E-state index in [1.807, 2.05) is 18.2 Å². The lowest BCUT2D eigenvalue weighted by Crippen LogP contribution is -2.28. The fraction of sp³-hybridized carbons (Fsp3) is 0.308. The number of hydrogen-bond acceptors (Lipinski definition) is 5. The lowest BCUT2D eigenvalue weighted by molar-refractivity contribution is 0.340. The Labute approximate surface area is 117 Å². The number of rotatable bonds is 7. The monoisotopic (exact) mass is 296 g/mol. The van der Waals surface area contributed by atoms with Crippen LogP contribution in [0.5, 0.6) is 5.75 Å². The Morgan fingerprint density at radius 1 is 1.30 bits per heavy atom. The van der Waals surface area contributed by atoms with Crippen molar-refractivity contribution in [2.24, 2.45) is 0 Å². The predicted octanol–water partition coefficient (Wildman–Crippen LogP) is 1.48. The smallest absolute Gasteiger partial charge is 0.215 e. The number of ether oxygens (including phenoxy) is 1. The molecule has 0 bridgehead atoms. The topological polar surface area (TPSA) is 81.4 Å². The van der Waals surface area contributed by atoms with Gasteiger partial charge in [-0.3, -0.25) is 0 Å². The number of nitrogens with one attached hydrogen (secondary N) is 1. The lowest BCUT2D eigenvalue weighted by Gasteiger charge is -2.07. The van der Waals surface area contributed by atoms with Gasteiger partial charge in [0.25, 0.3) is 0 Å². The number of sulfonamides is 1. The first-order chi connectivity index (χ1) is 9.57. The summed E-state index contributed by atoms with van der Waals surface area (Å²) in [7, 11) is -3.39. The van der Waals surface area contributed by atoms with Crippen LogP contribution in [0.2, 0.25) is 0 Å². The van der Waals surface area contributed by atoms with Crippen molar-refractivity contribution >= 4 is 10.0 Å². The molecule has 0 aliphatic carbocycles. The summed E-state index contributed by atoms with van der Waals surface area (Å²) in [5.41, 5.74) is 0.720. The van der Waals surface area contributed by atoms with Crippen molar-refractivity contribution < 1.29 is 17.7 Å². The molecule has 0 saturated carbocycles. The van der Waals surface area contributed by atoms with Crippen LogP contribution in [0.25, 0.3) is 0 Å². The minimum absolute atomic E-state index is 0.0992. The summed E-state index contributed by atoms with van der Waals surface area (Å²) in [5.74, 6) is 1.15. The van der Waals surface area contributed by atoms with E-state index in [0.29, 0.717) is 11.5 Å². The molecule has 1 heterocycles. The molecular formula is C13H16N2O4S. The third kappa shape index (κ3) is 4.36. The molecule has 0 saturated heterocycles. The van der Waals surface area contributed by atoms with Gasteiger partial charge in [0.15, 0.2) is 0 Å². The maximum atomic E-state index is 11.8. The van der Waals surface area contributed by atoms with Gasteiger partial charge in [-0.1, -0.05) is 23.4 Å². The molecule has 0 unspecified atom stereocenters. The van der Waals surface area contributed by atoms with Gasteiger partial charge in [0.05, 0.1) is 11.9 Å². The van der Waals surface area contributed by atoms with Crippen LogP contribution in [0.3, 0.4) is 0 Å². The van der Waals surface area contributed by atoms with Crippen molar-refractivity contribution in [3.63, 3.8) is 0 Å². The maximum absolute atomic E-state index is 11.8. The van der Waals surface area contributed by atoms with Gasteiger partial charge in [-0.05, 0) is 19.1 Å². The Kier molecular flexibility index (Phi) is 4.75. The SMILES string of the molecule is Cc1oncc1CNS(=O)(=O)CCOc1ccccc1. The molecule has 0 aliphatic heterocycles. The number of benzene rings is 1. The Balaban J connectivity index is 1.78. The first kappa shape index (κ1) is 14.5. The molecular weight excluding hydrogens is 280 g/mol. The zero-order valence-electron chi connectivity index (χ0n) is 11.1. The molecule has 1 aromatic heterocycles. The van der Waals surface area contributed by atoms with Crippen molar-refractivity contribution in [1.82, 2.24) is 9.88 Å². The van der Waals surface area contributed by atoms with E-state index in [4.69, 9.17) is 9.26 Å². The molecule has 0 aliphatic rings. The van der Waals surface area contributed by atoms with Crippen LogP contribution >= 0.6 is 0 Å². The molecule has 1 N–H and O–H groups in total. The summed E-state index contributed by atoms with van der Waals surface area (Å²) >= 11 is 0. The van der Waals surface area contributed by atoms with Gasteiger partial charge < -0.3 is 9.26 Å². The van der Waals surface area contributed by atoms with Crippen LogP contribution in [0.1, 0.15) is 11.3 Å². The Morgan fingerprint density at radius 2 is 2.05 bits per heavy atom. The Bertz CT molecular complexity index is 637. The van der Waals surface area contributed by atoms with Crippen molar-refractivity contribution in [3.05, 3.63) is 47.9 Å². The van der Waals surface area contributed by atoms with Gasteiger partial charge in [0, 0.05) is 12.1 Å². The first-order valence-electron chi connectivity index (χ1n) is 6.12. The van der Waals surface area contributed by atoms with E-state index in [-0.39, 0.29) is 18.9 Å². The number of aromatic nitrogens is 1. The fourth-order valence-corrected chi connectivity index (χ4v) is 2.36. The van der Waals surface area contributed by atoms with Crippen LogP contribution in [-0.2, 0) is 16.6 Å². The first-order valence-corrected chi connectivity index (χ1v) is 7.77. The third-order valence-electron chi connectivity index (χ3n) is 2.70. The molecule has 108 valence electrons. The molecule has 7 heteroatoms. The van der Waals surface area contributed by atoms with Crippen molar-refractivity contribution in [2.75, 3.05) is 12.4 Å². The summed E-state index contributed by atoms with van der Waals surface area (Å²) in [5, 5.41) is 3.59. The van der Waals surface area contributed by atoms with E-state index in [0.717, 1.165) is 5.56 Å².